The first-order chi connectivity index (χ1) is 12.0. The minimum Gasteiger partial charge on any atom is -0.162 e. The fourth-order valence-electron chi connectivity index (χ4n) is 0.866. The molecule has 24 heavy (non-hydrogen) atoms. The second kappa shape index (κ2) is 21.4. The number of thioether (sulfide) groups is 6. The van der Waals surface area contributed by atoms with Crippen LogP contribution in [0.2, 0.25) is 0 Å². The SMILES string of the molecule is C1CSC1.C1CSC1.C1CSC1.C1CSC1.C1CSC1.C1CSC1. The molecule has 0 atom stereocenters. The lowest BCUT2D eigenvalue weighted by atomic mass is 10.6. The van der Waals surface area contributed by atoms with Crippen LogP contribution in [0.4, 0.5) is 0 Å². The molecule has 0 saturated carbocycles. The van der Waals surface area contributed by atoms with Crippen molar-refractivity contribution in [1.29, 1.82) is 0 Å². The van der Waals surface area contributed by atoms with Gasteiger partial charge in [0, 0.05) is 0 Å². The van der Waals surface area contributed by atoms with E-state index in [1.165, 1.54) is 108 Å². The first-order valence-corrected chi connectivity index (χ1v) is 16.4. The zero-order chi connectivity index (χ0) is 17.0. The van der Waals surface area contributed by atoms with Gasteiger partial charge in [-0.25, -0.2) is 0 Å². The molecule has 6 heterocycles. The lowest BCUT2D eigenvalue weighted by Gasteiger charge is -2.05. The molecular weight excluding hydrogens is 409 g/mol. The summed E-state index contributed by atoms with van der Waals surface area (Å²) in [5.74, 6) is 17.0. The minimum atomic E-state index is 1.42. The fourth-order valence-corrected chi connectivity index (χ4v) is 2.60. The van der Waals surface area contributed by atoms with E-state index in [1.807, 2.05) is 70.6 Å². The van der Waals surface area contributed by atoms with Gasteiger partial charge in [0.05, 0.1) is 0 Å². The molecule has 6 aliphatic heterocycles. The molecule has 0 N–H and O–H groups in total. The van der Waals surface area contributed by atoms with Crippen LogP contribution in [0.25, 0.3) is 0 Å². The molecule has 6 fully saturated rings. The average Bonchev–Trinajstić information content (AvgIpc) is 1.94. The summed E-state index contributed by atoms with van der Waals surface area (Å²) in [6, 6.07) is 0. The van der Waals surface area contributed by atoms with Gasteiger partial charge in [0.1, 0.15) is 0 Å². The lowest BCUT2D eigenvalue weighted by molar-refractivity contribution is 1.06. The maximum absolute atomic E-state index is 2.04. The summed E-state index contributed by atoms with van der Waals surface area (Å²) in [6.07, 6.45) is 8.78. The van der Waals surface area contributed by atoms with Crippen molar-refractivity contribution in [2.24, 2.45) is 0 Å². The van der Waals surface area contributed by atoms with Crippen molar-refractivity contribution >= 4 is 70.6 Å². The maximum Gasteiger partial charge on any atom is -0.00597 e. The minimum absolute atomic E-state index is 1.42. The smallest absolute Gasteiger partial charge is 0.00597 e. The van der Waals surface area contributed by atoms with Crippen LogP contribution in [0.15, 0.2) is 0 Å². The summed E-state index contributed by atoms with van der Waals surface area (Å²) < 4.78 is 0. The highest BCUT2D eigenvalue weighted by atomic mass is 32.2. The van der Waals surface area contributed by atoms with Crippen LogP contribution in [0, 0.1) is 0 Å². The van der Waals surface area contributed by atoms with Crippen molar-refractivity contribution in [2.75, 3.05) is 69.0 Å². The van der Waals surface area contributed by atoms with E-state index in [2.05, 4.69) is 0 Å². The molecule has 0 aromatic heterocycles. The van der Waals surface area contributed by atoms with E-state index in [0.717, 1.165) is 0 Å². The van der Waals surface area contributed by atoms with Gasteiger partial charge in [-0.1, -0.05) is 0 Å². The summed E-state index contributed by atoms with van der Waals surface area (Å²) in [7, 11) is 0. The maximum atomic E-state index is 2.04. The van der Waals surface area contributed by atoms with Gasteiger partial charge in [-0.2, -0.15) is 70.6 Å². The van der Waals surface area contributed by atoms with Gasteiger partial charge in [0.15, 0.2) is 0 Å². The molecule has 6 aliphatic rings. The van der Waals surface area contributed by atoms with Crippen LogP contribution in [0.1, 0.15) is 38.5 Å². The third-order valence-electron chi connectivity index (χ3n) is 3.46. The van der Waals surface area contributed by atoms with Gasteiger partial charge in [-0.15, -0.1) is 0 Å². The fraction of sp³-hybridized carbons (Fsp3) is 1.00. The summed E-state index contributed by atoms with van der Waals surface area (Å²) in [5, 5.41) is 0. The molecule has 0 bridgehead atoms. The topological polar surface area (TPSA) is 0 Å². The molecule has 0 unspecified atom stereocenters. The predicted octanol–water partition coefficient (Wildman–Crippen LogP) is 6.74. The van der Waals surface area contributed by atoms with Crippen LogP contribution < -0.4 is 0 Å². The number of hydrogen-bond donors (Lipinski definition) is 0. The first-order valence-electron chi connectivity index (χ1n) is 9.46. The highest BCUT2D eigenvalue weighted by Gasteiger charge is 1.97. The monoisotopic (exact) mass is 444 g/mol. The Kier molecular flexibility index (Phi) is 21.5. The Hall–Kier alpha value is 2.10. The van der Waals surface area contributed by atoms with Gasteiger partial charge in [-0.3, -0.25) is 0 Å². The van der Waals surface area contributed by atoms with Crippen LogP contribution in [0.3, 0.4) is 0 Å². The summed E-state index contributed by atoms with van der Waals surface area (Å²) in [5.41, 5.74) is 0. The van der Waals surface area contributed by atoms with Crippen LogP contribution in [0.5, 0.6) is 0 Å². The summed E-state index contributed by atoms with van der Waals surface area (Å²) >= 11 is 12.2. The van der Waals surface area contributed by atoms with Crippen LogP contribution in [-0.2, 0) is 0 Å². The summed E-state index contributed by atoms with van der Waals surface area (Å²) in [6.45, 7) is 0. The van der Waals surface area contributed by atoms with Crippen molar-refractivity contribution in [3.63, 3.8) is 0 Å². The third-order valence-corrected chi connectivity index (χ3v) is 10.4. The molecule has 0 aromatic carbocycles. The molecule has 6 rings (SSSR count). The zero-order valence-corrected chi connectivity index (χ0v) is 20.1. The van der Waals surface area contributed by atoms with E-state index in [4.69, 9.17) is 0 Å². The van der Waals surface area contributed by atoms with Crippen molar-refractivity contribution in [1.82, 2.24) is 0 Å². The molecule has 144 valence electrons. The average molecular weight is 445 g/mol. The van der Waals surface area contributed by atoms with Crippen molar-refractivity contribution in [2.45, 2.75) is 38.5 Å². The molecule has 6 saturated heterocycles. The molecule has 0 nitrogen and oxygen atoms in total. The van der Waals surface area contributed by atoms with Gasteiger partial charge in [0.2, 0.25) is 0 Å². The van der Waals surface area contributed by atoms with E-state index in [0.29, 0.717) is 0 Å². The Morgan fingerprint density at radius 2 is 0.250 bits per heavy atom. The zero-order valence-electron chi connectivity index (χ0n) is 15.2. The standard InChI is InChI=1S/6C3H6S/c6*1-2-4-3-1/h6*1-3H2. The van der Waals surface area contributed by atoms with Gasteiger partial charge in [-0.05, 0) is 108 Å². The third kappa shape index (κ3) is 18.9. The molecular formula is C18H36S6. The lowest BCUT2D eigenvalue weighted by Crippen LogP contribution is -1.94. The molecule has 0 aliphatic carbocycles. The Balaban J connectivity index is 0.000000144. The second-order valence-corrected chi connectivity index (χ2v) is 13.1. The van der Waals surface area contributed by atoms with E-state index in [-0.39, 0.29) is 0 Å². The van der Waals surface area contributed by atoms with E-state index < -0.39 is 0 Å². The first kappa shape index (κ1) is 24.1. The Bertz CT molecular complexity index is 130. The molecule has 0 spiro atoms. The normalized spacial score (nSPS) is 24.0. The second-order valence-electron chi connectivity index (χ2n) is 5.80. The molecule has 0 amide bonds. The highest BCUT2D eigenvalue weighted by Crippen LogP contribution is 2.16. The Labute approximate surface area is 177 Å². The Morgan fingerprint density at radius 1 is 0.208 bits per heavy atom. The molecule has 0 radical (unpaired) electrons. The quantitative estimate of drug-likeness (QED) is 0.403. The van der Waals surface area contributed by atoms with Gasteiger partial charge >= 0.3 is 0 Å². The van der Waals surface area contributed by atoms with Crippen LogP contribution >= 0.6 is 70.6 Å². The largest absolute Gasteiger partial charge is 0.162 e. The predicted molar refractivity (Wildman–Crippen MR) is 132 cm³/mol. The van der Waals surface area contributed by atoms with Crippen molar-refractivity contribution in [3.05, 3.63) is 0 Å². The number of rotatable bonds is 0. The molecule has 0 aromatic rings. The van der Waals surface area contributed by atoms with Gasteiger partial charge < -0.3 is 0 Å². The molecule has 6 heteroatoms. The van der Waals surface area contributed by atoms with Crippen molar-refractivity contribution in [3.8, 4) is 0 Å². The van der Waals surface area contributed by atoms with E-state index >= 15 is 0 Å². The van der Waals surface area contributed by atoms with Gasteiger partial charge in [0.25, 0.3) is 0 Å². The summed E-state index contributed by atoms with van der Waals surface area (Å²) in [4.78, 5) is 0. The van der Waals surface area contributed by atoms with Crippen molar-refractivity contribution < 1.29 is 0 Å². The Morgan fingerprint density at radius 3 is 0.250 bits per heavy atom. The van der Waals surface area contributed by atoms with E-state index in [1.54, 1.807) is 0 Å². The van der Waals surface area contributed by atoms with Crippen LogP contribution in [-0.4, -0.2) is 69.0 Å². The number of hydrogen-bond acceptors (Lipinski definition) is 6. The highest BCUT2D eigenvalue weighted by molar-refractivity contribution is 8.01. The van der Waals surface area contributed by atoms with E-state index in [9.17, 15) is 0 Å².